The molecule has 1 rings (SSSR count). The molecule has 0 fully saturated rings. The maximum absolute atomic E-state index is 11.9. The van der Waals surface area contributed by atoms with Gasteiger partial charge in [0.15, 0.2) is 0 Å². The van der Waals surface area contributed by atoms with Crippen LogP contribution in [0.5, 0.6) is 0 Å². The van der Waals surface area contributed by atoms with Gasteiger partial charge in [-0.1, -0.05) is 30.7 Å². The summed E-state index contributed by atoms with van der Waals surface area (Å²) in [5.74, 6) is -0.167. The summed E-state index contributed by atoms with van der Waals surface area (Å²) in [6.07, 6.45) is 0.853. The molecule has 0 radical (unpaired) electrons. The molecular weight excluding hydrogens is 236 g/mol. The maximum atomic E-state index is 11.9. The quantitative estimate of drug-likeness (QED) is 0.868. The minimum absolute atomic E-state index is 0.167. The van der Waals surface area contributed by atoms with Gasteiger partial charge < -0.3 is 11.1 Å². The predicted octanol–water partition coefficient (Wildman–Crippen LogP) is 2.64. The lowest BCUT2D eigenvalue weighted by Crippen LogP contribution is -2.46. The molecular formula is C13H19ClN2O. The molecule has 3 nitrogen and oxygen atoms in total. The monoisotopic (exact) mass is 254 g/mol. The van der Waals surface area contributed by atoms with E-state index in [0.717, 1.165) is 12.0 Å². The van der Waals surface area contributed by atoms with Crippen LogP contribution >= 0.6 is 11.6 Å². The summed E-state index contributed by atoms with van der Waals surface area (Å²) in [7, 11) is 0. The second-order valence-electron chi connectivity index (χ2n) is 4.76. The molecule has 0 aliphatic carbocycles. The molecule has 1 aromatic carbocycles. The van der Waals surface area contributed by atoms with Crippen LogP contribution in [0.1, 0.15) is 38.8 Å². The Morgan fingerprint density at radius 1 is 1.41 bits per heavy atom. The third-order valence-corrected chi connectivity index (χ3v) is 3.11. The molecule has 94 valence electrons. The highest BCUT2D eigenvalue weighted by Crippen LogP contribution is 2.16. The summed E-state index contributed by atoms with van der Waals surface area (Å²) in [4.78, 5) is 11.9. The van der Waals surface area contributed by atoms with Crippen LogP contribution in [0.3, 0.4) is 0 Å². The summed E-state index contributed by atoms with van der Waals surface area (Å²) >= 11 is 5.78. The van der Waals surface area contributed by atoms with Gasteiger partial charge in [0, 0.05) is 10.6 Å². The Labute approximate surface area is 107 Å². The van der Waals surface area contributed by atoms with Crippen LogP contribution in [-0.4, -0.2) is 11.4 Å². The fourth-order valence-electron chi connectivity index (χ4n) is 1.32. The summed E-state index contributed by atoms with van der Waals surface area (Å²) in [5, 5.41) is 3.56. The van der Waals surface area contributed by atoms with Crippen LogP contribution in [-0.2, 0) is 4.79 Å². The second kappa shape index (κ2) is 5.52. The van der Waals surface area contributed by atoms with Gasteiger partial charge in [-0.2, -0.15) is 0 Å². The maximum Gasteiger partial charge on any atom is 0.241 e. The van der Waals surface area contributed by atoms with Crippen molar-refractivity contribution in [3.8, 4) is 0 Å². The average molecular weight is 255 g/mol. The number of benzene rings is 1. The lowest BCUT2D eigenvalue weighted by Gasteiger charge is -2.26. The molecule has 0 aliphatic rings. The van der Waals surface area contributed by atoms with Crippen LogP contribution < -0.4 is 11.1 Å². The van der Waals surface area contributed by atoms with E-state index < -0.39 is 6.04 Å². The normalized spacial score (nSPS) is 13.2. The highest BCUT2D eigenvalue weighted by Gasteiger charge is 2.22. The first-order valence-electron chi connectivity index (χ1n) is 5.69. The first-order valence-corrected chi connectivity index (χ1v) is 6.06. The van der Waals surface area contributed by atoms with Gasteiger partial charge >= 0.3 is 0 Å². The van der Waals surface area contributed by atoms with Crippen molar-refractivity contribution in [2.24, 2.45) is 5.73 Å². The minimum atomic E-state index is -0.655. The lowest BCUT2D eigenvalue weighted by molar-refractivity contribution is -0.124. The van der Waals surface area contributed by atoms with E-state index in [1.165, 1.54) is 0 Å². The zero-order chi connectivity index (χ0) is 13.1. The second-order valence-corrected chi connectivity index (χ2v) is 5.19. The van der Waals surface area contributed by atoms with Crippen molar-refractivity contribution in [2.75, 3.05) is 0 Å². The van der Waals surface area contributed by atoms with Crippen molar-refractivity contribution in [1.29, 1.82) is 0 Å². The van der Waals surface area contributed by atoms with Gasteiger partial charge in [0.25, 0.3) is 0 Å². The number of carbonyl (C=O) groups excluding carboxylic acids is 1. The number of hydrogen-bond donors (Lipinski definition) is 2. The molecule has 3 N–H and O–H groups in total. The molecule has 0 saturated heterocycles. The summed E-state index contributed by atoms with van der Waals surface area (Å²) in [6, 6.07) is 6.35. The van der Waals surface area contributed by atoms with Crippen LogP contribution in [0.4, 0.5) is 0 Å². The van der Waals surface area contributed by atoms with Crippen molar-refractivity contribution in [2.45, 2.75) is 38.8 Å². The molecule has 1 aromatic rings. The van der Waals surface area contributed by atoms with Crippen LogP contribution in [0.25, 0.3) is 0 Å². The minimum Gasteiger partial charge on any atom is -0.350 e. The molecule has 1 unspecified atom stereocenters. The van der Waals surface area contributed by atoms with Crippen molar-refractivity contribution in [3.05, 3.63) is 34.9 Å². The molecule has 0 aliphatic heterocycles. The standard InChI is InChI=1S/C13H19ClN2O/c1-4-13(2,3)16-12(17)11(15)9-5-7-10(14)8-6-9/h5-8,11H,4,15H2,1-3H3,(H,16,17). The summed E-state index contributed by atoms with van der Waals surface area (Å²) in [5.41, 5.74) is 6.42. The van der Waals surface area contributed by atoms with E-state index in [4.69, 9.17) is 17.3 Å². The van der Waals surface area contributed by atoms with Crippen molar-refractivity contribution >= 4 is 17.5 Å². The highest BCUT2D eigenvalue weighted by molar-refractivity contribution is 6.30. The van der Waals surface area contributed by atoms with Crippen molar-refractivity contribution in [3.63, 3.8) is 0 Å². The number of carbonyl (C=O) groups is 1. The van der Waals surface area contributed by atoms with E-state index in [1.807, 2.05) is 20.8 Å². The molecule has 0 spiro atoms. The Bertz CT molecular complexity index is 387. The average Bonchev–Trinajstić information content (AvgIpc) is 2.28. The number of nitrogens with one attached hydrogen (secondary N) is 1. The van der Waals surface area contributed by atoms with E-state index >= 15 is 0 Å². The summed E-state index contributed by atoms with van der Waals surface area (Å²) in [6.45, 7) is 5.97. The Morgan fingerprint density at radius 2 is 1.94 bits per heavy atom. The number of rotatable bonds is 4. The van der Waals surface area contributed by atoms with Crippen molar-refractivity contribution in [1.82, 2.24) is 5.32 Å². The molecule has 0 aromatic heterocycles. The van der Waals surface area contributed by atoms with E-state index in [2.05, 4.69) is 5.32 Å². The number of nitrogens with two attached hydrogens (primary N) is 1. The molecule has 4 heteroatoms. The number of amides is 1. The summed E-state index contributed by atoms with van der Waals surface area (Å²) < 4.78 is 0. The Kier molecular flexibility index (Phi) is 4.54. The third kappa shape index (κ3) is 4.02. The Hall–Kier alpha value is -1.06. The fourth-order valence-corrected chi connectivity index (χ4v) is 1.45. The van der Waals surface area contributed by atoms with Gasteiger partial charge in [0.05, 0.1) is 0 Å². The Balaban J connectivity index is 2.73. The van der Waals surface area contributed by atoms with Gasteiger partial charge in [0.1, 0.15) is 6.04 Å². The first kappa shape index (κ1) is 14.0. The zero-order valence-electron chi connectivity index (χ0n) is 10.5. The van der Waals surface area contributed by atoms with Gasteiger partial charge in [-0.15, -0.1) is 0 Å². The van der Waals surface area contributed by atoms with Crippen LogP contribution in [0.15, 0.2) is 24.3 Å². The van der Waals surface area contributed by atoms with Crippen molar-refractivity contribution < 1.29 is 4.79 Å². The molecule has 1 amide bonds. The third-order valence-electron chi connectivity index (χ3n) is 2.86. The molecule has 0 heterocycles. The predicted molar refractivity (Wildman–Crippen MR) is 70.9 cm³/mol. The Morgan fingerprint density at radius 3 is 2.41 bits per heavy atom. The van der Waals surface area contributed by atoms with Gasteiger partial charge in [-0.25, -0.2) is 0 Å². The number of hydrogen-bond acceptors (Lipinski definition) is 2. The fraction of sp³-hybridized carbons (Fsp3) is 0.462. The SMILES string of the molecule is CCC(C)(C)NC(=O)C(N)c1ccc(Cl)cc1. The molecule has 0 bridgehead atoms. The van der Waals surface area contributed by atoms with E-state index in [-0.39, 0.29) is 11.4 Å². The topological polar surface area (TPSA) is 55.1 Å². The number of halogens is 1. The van der Waals surface area contributed by atoms with E-state index in [0.29, 0.717) is 5.02 Å². The lowest BCUT2D eigenvalue weighted by atomic mass is 10.00. The van der Waals surface area contributed by atoms with Gasteiger partial charge in [-0.05, 0) is 38.0 Å². The first-order chi connectivity index (χ1) is 7.85. The highest BCUT2D eigenvalue weighted by atomic mass is 35.5. The van der Waals surface area contributed by atoms with Crippen LogP contribution in [0.2, 0.25) is 5.02 Å². The molecule has 0 saturated carbocycles. The van der Waals surface area contributed by atoms with Gasteiger partial charge in [0.2, 0.25) is 5.91 Å². The van der Waals surface area contributed by atoms with E-state index in [9.17, 15) is 4.79 Å². The smallest absolute Gasteiger partial charge is 0.241 e. The van der Waals surface area contributed by atoms with E-state index in [1.54, 1.807) is 24.3 Å². The zero-order valence-corrected chi connectivity index (χ0v) is 11.2. The molecule has 17 heavy (non-hydrogen) atoms. The largest absolute Gasteiger partial charge is 0.350 e. The van der Waals surface area contributed by atoms with Gasteiger partial charge in [-0.3, -0.25) is 4.79 Å². The molecule has 1 atom stereocenters. The van der Waals surface area contributed by atoms with Crippen LogP contribution in [0, 0.1) is 0 Å².